The van der Waals surface area contributed by atoms with E-state index in [1.807, 2.05) is 0 Å². The molecule has 0 heterocycles. The van der Waals surface area contributed by atoms with Crippen molar-refractivity contribution in [2.45, 2.75) is 463 Å². The van der Waals surface area contributed by atoms with Crippen LogP contribution in [0.5, 0.6) is 0 Å². The third-order valence-electron chi connectivity index (χ3n) is 18.8. The van der Waals surface area contributed by atoms with Gasteiger partial charge in [-0.05, 0) is 57.8 Å². The second kappa shape index (κ2) is 75.8. The monoisotopic (exact) mass is 1210 g/mol. The summed E-state index contributed by atoms with van der Waals surface area (Å²) in [6, 6.07) is -0.542. The molecule has 0 saturated heterocycles. The van der Waals surface area contributed by atoms with Gasteiger partial charge in [0.05, 0.1) is 25.4 Å². The van der Waals surface area contributed by atoms with Crippen molar-refractivity contribution in [3.05, 3.63) is 24.3 Å². The zero-order chi connectivity index (χ0) is 62.0. The van der Waals surface area contributed by atoms with E-state index in [2.05, 4.69) is 43.5 Å². The fourth-order valence-electron chi connectivity index (χ4n) is 12.7. The molecule has 0 aromatic carbocycles. The minimum atomic E-state index is -0.665. The lowest BCUT2D eigenvalue weighted by atomic mass is 10.0. The van der Waals surface area contributed by atoms with Gasteiger partial charge in [0.1, 0.15) is 0 Å². The van der Waals surface area contributed by atoms with Crippen molar-refractivity contribution >= 4 is 11.9 Å². The molecule has 0 bridgehead atoms. The zero-order valence-electron chi connectivity index (χ0n) is 58.6. The smallest absolute Gasteiger partial charge is 0.305 e. The van der Waals surface area contributed by atoms with Crippen LogP contribution in [0.1, 0.15) is 450 Å². The Balaban J connectivity index is 3.38. The summed E-state index contributed by atoms with van der Waals surface area (Å²) in [4.78, 5) is 24.7. The number of carbonyl (C=O) groups excluding carboxylic acids is 2. The maximum atomic E-state index is 12.6. The van der Waals surface area contributed by atoms with Crippen LogP contribution in [0.2, 0.25) is 0 Å². The van der Waals surface area contributed by atoms with E-state index in [9.17, 15) is 19.8 Å². The Morgan fingerprint density at radius 2 is 0.581 bits per heavy atom. The molecule has 3 N–H and O–H groups in total. The van der Waals surface area contributed by atoms with E-state index in [1.54, 1.807) is 0 Å². The van der Waals surface area contributed by atoms with Crippen molar-refractivity contribution in [3.8, 4) is 0 Å². The Morgan fingerprint density at radius 3 is 0.884 bits per heavy atom. The average molecular weight is 1210 g/mol. The van der Waals surface area contributed by atoms with Gasteiger partial charge in [-0.1, -0.05) is 404 Å². The van der Waals surface area contributed by atoms with Gasteiger partial charge in [0.25, 0.3) is 0 Å². The number of aliphatic hydroxyl groups is 2. The number of aliphatic hydroxyl groups excluding tert-OH is 2. The number of rotatable bonds is 75. The minimum Gasteiger partial charge on any atom is -0.466 e. The first-order valence-corrected chi connectivity index (χ1v) is 39.6. The Kier molecular flexibility index (Phi) is 74.3. The molecule has 0 aliphatic carbocycles. The molecular weight excluding hydrogens is 1050 g/mol. The highest BCUT2D eigenvalue weighted by molar-refractivity contribution is 5.76. The van der Waals surface area contributed by atoms with Gasteiger partial charge in [0.15, 0.2) is 0 Å². The summed E-state index contributed by atoms with van der Waals surface area (Å²) in [6.45, 7) is 5.01. The van der Waals surface area contributed by atoms with Gasteiger partial charge in [-0.25, -0.2) is 0 Å². The van der Waals surface area contributed by atoms with Crippen LogP contribution >= 0.6 is 0 Å². The number of unbranched alkanes of at least 4 members (excludes halogenated alkanes) is 60. The van der Waals surface area contributed by atoms with Crippen molar-refractivity contribution < 1.29 is 24.5 Å². The third kappa shape index (κ3) is 71.4. The molecule has 2 atom stereocenters. The van der Waals surface area contributed by atoms with Crippen molar-refractivity contribution in [1.29, 1.82) is 0 Å². The van der Waals surface area contributed by atoms with E-state index in [0.717, 1.165) is 44.9 Å². The Hall–Kier alpha value is -1.66. The summed E-state index contributed by atoms with van der Waals surface area (Å²) in [5, 5.41) is 23.5. The van der Waals surface area contributed by atoms with Gasteiger partial charge in [-0.3, -0.25) is 9.59 Å². The summed E-state index contributed by atoms with van der Waals surface area (Å²) in [5.74, 6) is -0.0112. The molecule has 0 radical (unpaired) electrons. The Labute approximate surface area is 539 Å². The van der Waals surface area contributed by atoms with E-state index >= 15 is 0 Å². The predicted octanol–water partition coefficient (Wildman–Crippen LogP) is 26.0. The van der Waals surface area contributed by atoms with Gasteiger partial charge in [-0.2, -0.15) is 0 Å². The van der Waals surface area contributed by atoms with Gasteiger partial charge in [0.2, 0.25) is 5.91 Å². The number of carbonyl (C=O) groups is 2. The number of ether oxygens (including phenoxy) is 1. The summed E-state index contributed by atoms with van der Waals surface area (Å²) in [5.41, 5.74) is 0. The van der Waals surface area contributed by atoms with Crippen LogP contribution in [-0.2, 0) is 14.3 Å². The number of allylic oxidation sites excluding steroid dienone is 4. The van der Waals surface area contributed by atoms with Gasteiger partial charge < -0.3 is 20.3 Å². The quantitative estimate of drug-likeness (QED) is 0.0320. The summed E-state index contributed by atoms with van der Waals surface area (Å²) in [6.07, 6.45) is 96.9. The highest BCUT2D eigenvalue weighted by atomic mass is 16.5. The van der Waals surface area contributed by atoms with E-state index in [4.69, 9.17) is 4.74 Å². The topological polar surface area (TPSA) is 95.9 Å². The van der Waals surface area contributed by atoms with Crippen LogP contribution in [-0.4, -0.2) is 47.4 Å². The average Bonchev–Trinajstić information content (AvgIpc) is 3.59. The molecule has 0 fully saturated rings. The number of esters is 1. The lowest BCUT2D eigenvalue weighted by Gasteiger charge is -2.22. The number of nitrogens with one attached hydrogen (secondary N) is 1. The van der Waals surface area contributed by atoms with Crippen LogP contribution < -0.4 is 5.32 Å². The summed E-state index contributed by atoms with van der Waals surface area (Å²) in [7, 11) is 0. The van der Waals surface area contributed by atoms with E-state index in [1.165, 1.54) is 372 Å². The predicted molar refractivity (Wildman–Crippen MR) is 380 cm³/mol. The second-order valence-corrected chi connectivity index (χ2v) is 27.4. The van der Waals surface area contributed by atoms with Gasteiger partial charge >= 0.3 is 5.97 Å². The second-order valence-electron chi connectivity index (χ2n) is 27.4. The largest absolute Gasteiger partial charge is 0.466 e. The van der Waals surface area contributed by atoms with Gasteiger partial charge in [-0.15, -0.1) is 0 Å². The van der Waals surface area contributed by atoms with Crippen LogP contribution in [0.25, 0.3) is 0 Å². The molecule has 510 valence electrons. The van der Waals surface area contributed by atoms with Crippen molar-refractivity contribution in [3.63, 3.8) is 0 Å². The van der Waals surface area contributed by atoms with Crippen molar-refractivity contribution in [2.75, 3.05) is 13.2 Å². The molecule has 1 amide bonds. The molecule has 0 aliphatic heterocycles. The highest BCUT2D eigenvalue weighted by Gasteiger charge is 2.20. The van der Waals surface area contributed by atoms with Crippen LogP contribution in [0.3, 0.4) is 0 Å². The molecule has 86 heavy (non-hydrogen) atoms. The van der Waals surface area contributed by atoms with Crippen LogP contribution in [0, 0.1) is 0 Å². The summed E-state index contributed by atoms with van der Waals surface area (Å²) < 4.78 is 5.50. The molecule has 2 unspecified atom stereocenters. The third-order valence-corrected chi connectivity index (χ3v) is 18.8. The first-order chi connectivity index (χ1) is 42.5. The zero-order valence-corrected chi connectivity index (χ0v) is 58.6. The molecule has 0 rings (SSSR count). The molecule has 0 saturated carbocycles. The van der Waals surface area contributed by atoms with Crippen molar-refractivity contribution in [1.82, 2.24) is 5.32 Å². The SMILES string of the molecule is CCCCCCCCCCCCCCCCCCCCCCCCC(O)C(CO)NC(=O)CCCCCCCCCCCCCCCCC/C=C\C/C=C\CCCCCCCCCCCOC(=O)CCCCCCCCCCCCCCCCCC. The standard InChI is InChI=1S/C80H155NO5/c1-3-5-7-9-11-13-15-17-19-21-22-23-35-38-41-44-48-52-56-60-64-68-72-78(83)77(76-82)81-79(84)73-69-65-61-57-53-49-45-42-39-36-33-31-29-27-25-24-26-28-30-32-34-37-40-43-47-51-55-59-63-67-71-75-86-80(85)74-70-66-62-58-54-50-46-20-18-16-14-12-10-8-6-4-2/h26,28,32,34,77-78,82-83H,3-25,27,29-31,33,35-76H2,1-2H3,(H,81,84)/b28-26-,34-32-. The first kappa shape index (κ1) is 84.3. The molecule has 0 aromatic rings. The van der Waals surface area contributed by atoms with Crippen LogP contribution in [0.15, 0.2) is 24.3 Å². The van der Waals surface area contributed by atoms with Gasteiger partial charge in [0, 0.05) is 12.8 Å². The molecule has 6 heteroatoms. The number of hydrogen-bond acceptors (Lipinski definition) is 5. The maximum Gasteiger partial charge on any atom is 0.305 e. The Morgan fingerprint density at radius 1 is 0.326 bits per heavy atom. The fraction of sp³-hybridized carbons (Fsp3) is 0.925. The van der Waals surface area contributed by atoms with E-state index < -0.39 is 12.1 Å². The molecule has 6 nitrogen and oxygen atoms in total. The summed E-state index contributed by atoms with van der Waals surface area (Å²) >= 11 is 0. The molecular formula is C80H155NO5. The first-order valence-electron chi connectivity index (χ1n) is 39.6. The molecule has 0 spiro atoms. The normalized spacial score (nSPS) is 12.6. The molecule has 0 aromatic heterocycles. The maximum absolute atomic E-state index is 12.6. The Bertz CT molecular complexity index is 1350. The lowest BCUT2D eigenvalue weighted by molar-refractivity contribution is -0.143. The number of amides is 1. The highest BCUT2D eigenvalue weighted by Crippen LogP contribution is 2.20. The molecule has 0 aliphatic rings. The number of hydrogen-bond donors (Lipinski definition) is 3. The van der Waals surface area contributed by atoms with Crippen molar-refractivity contribution in [2.24, 2.45) is 0 Å². The fourth-order valence-corrected chi connectivity index (χ4v) is 12.7. The van der Waals surface area contributed by atoms with E-state index in [-0.39, 0.29) is 18.5 Å². The lowest BCUT2D eigenvalue weighted by Crippen LogP contribution is -2.45. The van der Waals surface area contributed by atoms with E-state index in [0.29, 0.717) is 25.9 Å². The van der Waals surface area contributed by atoms with Crippen LogP contribution in [0.4, 0.5) is 0 Å². The minimum absolute atomic E-state index is 0.0177.